The summed E-state index contributed by atoms with van der Waals surface area (Å²) in [6.45, 7) is 3.21. The van der Waals surface area contributed by atoms with E-state index in [0.29, 0.717) is 18.0 Å². The van der Waals surface area contributed by atoms with Crippen LogP contribution in [0.25, 0.3) is 6.08 Å². The van der Waals surface area contributed by atoms with Crippen LogP contribution >= 0.6 is 0 Å². The third-order valence-electron chi connectivity index (χ3n) is 2.83. The number of ether oxygens (including phenoxy) is 1. The highest BCUT2D eigenvalue weighted by Gasteiger charge is 2.02. The van der Waals surface area contributed by atoms with E-state index in [1.807, 2.05) is 25.1 Å². The lowest BCUT2D eigenvalue weighted by Gasteiger charge is -2.12. The number of hydrogen-bond donors (Lipinski definition) is 3. The van der Waals surface area contributed by atoms with Gasteiger partial charge in [0.05, 0.1) is 11.8 Å². The molecule has 1 atom stereocenters. The SMILES string of the molecule is CC(O)CNC(=O)/C=C\c1ccc(OCCN(C)C)c(N)c1. The Kier molecular flexibility index (Phi) is 7.42. The van der Waals surface area contributed by atoms with Crippen molar-refractivity contribution in [1.29, 1.82) is 0 Å². The predicted octanol–water partition coefficient (Wildman–Crippen LogP) is 0.719. The Balaban J connectivity index is 2.55. The zero-order valence-corrected chi connectivity index (χ0v) is 13.4. The lowest BCUT2D eigenvalue weighted by atomic mass is 10.1. The maximum atomic E-state index is 11.5. The van der Waals surface area contributed by atoms with E-state index in [9.17, 15) is 4.79 Å². The Morgan fingerprint density at radius 1 is 1.50 bits per heavy atom. The minimum absolute atomic E-state index is 0.226. The number of aliphatic hydroxyl groups is 1. The van der Waals surface area contributed by atoms with Crippen molar-refractivity contribution in [3.8, 4) is 5.75 Å². The number of nitrogens with one attached hydrogen (secondary N) is 1. The van der Waals surface area contributed by atoms with Gasteiger partial charge in [0.1, 0.15) is 12.4 Å². The van der Waals surface area contributed by atoms with Gasteiger partial charge in [-0.1, -0.05) is 6.07 Å². The summed E-state index contributed by atoms with van der Waals surface area (Å²) in [5.74, 6) is 0.378. The number of carbonyl (C=O) groups is 1. The summed E-state index contributed by atoms with van der Waals surface area (Å²) in [5, 5.41) is 11.7. The number of amides is 1. The lowest BCUT2D eigenvalue weighted by Crippen LogP contribution is -2.28. The summed E-state index contributed by atoms with van der Waals surface area (Å²) in [6, 6.07) is 5.38. The zero-order chi connectivity index (χ0) is 16.5. The molecular weight excluding hydrogens is 282 g/mol. The van der Waals surface area contributed by atoms with Crippen molar-refractivity contribution in [2.45, 2.75) is 13.0 Å². The largest absolute Gasteiger partial charge is 0.490 e. The molecule has 0 saturated heterocycles. The number of nitrogens with two attached hydrogens (primary N) is 1. The number of anilines is 1. The molecule has 0 aliphatic rings. The number of nitrogens with zero attached hydrogens (tertiary/aromatic N) is 1. The highest BCUT2D eigenvalue weighted by atomic mass is 16.5. The van der Waals surface area contributed by atoms with Crippen LogP contribution in [0.2, 0.25) is 0 Å². The summed E-state index contributed by atoms with van der Waals surface area (Å²) < 4.78 is 5.60. The summed E-state index contributed by atoms with van der Waals surface area (Å²) >= 11 is 0. The molecule has 22 heavy (non-hydrogen) atoms. The van der Waals surface area contributed by atoms with E-state index in [1.54, 1.807) is 25.1 Å². The Morgan fingerprint density at radius 2 is 2.23 bits per heavy atom. The normalized spacial score (nSPS) is 12.6. The number of aliphatic hydroxyl groups excluding tert-OH is 1. The fourth-order valence-electron chi connectivity index (χ4n) is 1.62. The van der Waals surface area contributed by atoms with Gasteiger partial charge in [-0.05, 0) is 44.8 Å². The van der Waals surface area contributed by atoms with Crippen molar-refractivity contribution < 1.29 is 14.6 Å². The van der Waals surface area contributed by atoms with Crippen LogP contribution < -0.4 is 15.8 Å². The van der Waals surface area contributed by atoms with Crippen molar-refractivity contribution in [1.82, 2.24) is 10.2 Å². The summed E-state index contributed by atoms with van der Waals surface area (Å²) in [4.78, 5) is 13.5. The molecule has 0 heterocycles. The highest BCUT2D eigenvalue weighted by Crippen LogP contribution is 2.23. The smallest absolute Gasteiger partial charge is 0.244 e. The van der Waals surface area contributed by atoms with Gasteiger partial charge in [-0.15, -0.1) is 0 Å². The molecule has 1 unspecified atom stereocenters. The molecule has 1 rings (SSSR count). The monoisotopic (exact) mass is 307 g/mol. The van der Waals surface area contributed by atoms with Crippen LogP contribution in [0.4, 0.5) is 5.69 Å². The molecule has 0 spiro atoms. The van der Waals surface area contributed by atoms with Gasteiger partial charge in [-0.25, -0.2) is 0 Å². The third kappa shape index (κ3) is 7.10. The molecule has 0 radical (unpaired) electrons. The molecule has 0 aliphatic carbocycles. The predicted molar refractivity (Wildman–Crippen MR) is 88.6 cm³/mol. The molecule has 0 aliphatic heterocycles. The Morgan fingerprint density at radius 3 is 2.82 bits per heavy atom. The minimum atomic E-state index is -0.563. The molecule has 0 bridgehead atoms. The first-order valence-corrected chi connectivity index (χ1v) is 7.19. The molecule has 0 saturated carbocycles. The van der Waals surface area contributed by atoms with Gasteiger partial charge in [-0.2, -0.15) is 0 Å². The summed E-state index contributed by atoms with van der Waals surface area (Å²) in [5.41, 5.74) is 7.28. The van der Waals surface area contributed by atoms with E-state index < -0.39 is 6.10 Å². The summed E-state index contributed by atoms with van der Waals surface area (Å²) in [6.07, 6.45) is 2.51. The number of carbonyl (C=O) groups excluding carboxylic acids is 1. The second kappa shape index (κ2) is 9.07. The average molecular weight is 307 g/mol. The number of benzene rings is 1. The minimum Gasteiger partial charge on any atom is -0.490 e. The van der Waals surface area contributed by atoms with Gasteiger partial charge in [-0.3, -0.25) is 4.79 Å². The first-order valence-electron chi connectivity index (χ1n) is 7.19. The molecule has 6 heteroatoms. The standard InChI is InChI=1S/C16H25N3O3/c1-12(20)11-18-16(21)7-5-13-4-6-15(14(17)10-13)22-9-8-19(2)3/h4-7,10,12,20H,8-9,11,17H2,1-3H3,(H,18,21)/b7-5-. The van der Waals surface area contributed by atoms with Crippen LogP contribution in [0.15, 0.2) is 24.3 Å². The molecule has 0 aromatic heterocycles. The first-order chi connectivity index (χ1) is 10.4. The second-order valence-electron chi connectivity index (χ2n) is 5.38. The molecule has 0 fully saturated rings. The fraction of sp³-hybridized carbons (Fsp3) is 0.438. The van der Waals surface area contributed by atoms with Gasteiger partial charge < -0.3 is 25.8 Å². The molecule has 1 amide bonds. The first kappa shape index (κ1) is 18.0. The third-order valence-corrected chi connectivity index (χ3v) is 2.83. The number of hydrogen-bond acceptors (Lipinski definition) is 5. The Hall–Kier alpha value is -2.05. The van der Waals surface area contributed by atoms with Crippen LogP contribution in [-0.4, -0.2) is 55.8 Å². The topological polar surface area (TPSA) is 87.8 Å². The van der Waals surface area contributed by atoms with Gasteiger partial charge in [0.15, 0.2) is 0 Å². The van der Waals surface area contributed by atoms with Crippen molar-refractivity contribution in [3.05, 3.63) is 29.8 Å². The molecule has 122 valence electrons. The number of likely N-dealkylation sites (N-methyl/N-ethyl adjacent to an activating group) is 1. The van der Waals surface area contributed by atoms with Crippen molar-refractivity contribution in [2.75, 3.05) is 39.5 Å². The maximum absolute atomic E-state index is 11.5. The van der Waals surface area contributed by atoms with Crippen LogP contribution in [0.1, 0.15) is 12.5 Å². The molecular formula is C16H25N3O3. The number of nitrogen functional groups attached to an aromatic ring is 1. The van der Waals surface area contributed by atoms with Crippen molar-refractivity contribution >= 4 is 17.7 Å². The number of rotatable bonds is 8. The van der Waals surface area contributed by atoms with Crippen LogP contribution in [-0.2, 0) is 4.79 Å². The maximum Gasteiger partial charge on any atom is 0.244 e. The lowest BCUT2D eigenvalue weighted by molar-refractivity contribution is -0.116. The quantitative estimate of drug-likeness (QED) is 0.486. The van der Waals surface area contributed by atoms with Crippen LogP contribution in [0, 0.1) is 0 Å². The van der Waals surface area contributed by atoms with Gasteiger partial charge in [0.25, 0.3) is 0 Å². The van der Waals surface area contributed by atoms with Gasteiger partial charge >= 0.3 is 0 Å². The summed E-state index contributed by atoms with van der Waals surface area (Å²) in [7, 11) is 3.95. The van der Waals surface area contributed by atoms with E-state index in [2.05, 4.69) is 5.32 Å². The Labute approximate surface area is 131 Å². The molecule has 1 aromatic rings. The van der Waals surface area contributed by atoms with E-state index >= 15 is 0 Å². The van der Waals surface area contributed by atoms with Gasteiger partial charge in [0.2, 0.25) is 5.91 Å². The van der Waals surface area contributed by atoms with Crippen molar-refractivity contribution in [3.63, 3.8) is 0 Å². The fourth-order valence-corrected chi connectivity index (χ4v) is 1.62. The van der Waals surface area contributed by atoms with Crippen molar-refractivity contribution in [2.24, 2.45) is 0 Å². The van der Waals surface area contributed by atoms with E-state index in [0.717, 1.165) is 12.1 Å². The van der Waals surface area contributed by atoms with E-state index in [-0.39, 0.29) is 12.5 Å². The van der Waals surface area contributed by atoms with Crippen LogP contribution in [0.5, 0.6) is 5.75 Å². The Bertz CT molecular complexity index is 513. The van der Waals surface area contributed by atoms with E-state index in [4.69, 9.17) is 15.6 Å². The molecule has 1 aromatic carbocycles. The van der Waals surface area contributed by atoms with E-state index in [1.165, 1.54) is 6.08 Å². The van der Waals surface area contributed by atoms with Gasteiger partial charge in [0, 0.05) is 19.2 Å². The zero-order valence-electron chi connectivity index (χ0n) is 13.4. The van der Waals surface area contributed by atoms with Crippen LogP contribution in [0.3, 0.4) is 0 Å². The second-order valence-corrected chi connectivity index (χ2v) is 5.38. The molecule has 6 nitrogen and oxygen atoms in total. The molecule has 4 N–H and O–H groups in total. The average Bonchev–Trinajstić information content (AvgIpc) is 2.44. The highest BCUT2D eigenvalue weighted by molar-refractivity contribution is 5.91.